The number of hydrogen-bond acceptors (Lipinski definition) is 3. The first-order valence-electron chi connectivity index (χ1n) is 15.5. The normalized spacial score (nSPS) is 11.5. The molecule has 46 heavy (non-hydrogen) atoms. The van der Waals surface area contributed by atoms with Gasteiger partial charge in [-0.05, 0) is 76.0 Å². The highest BCUT2D eigenvalue weighted by molar-refractivity contribution is 6.08. The summed E-state index contributed by atoms with van der Waals surface area (Å²) in [6.45, 7) is 0. The van der Waals surface area contributed by atoms with Gasteiger partial charge in [-0.3, -0.25) is 0 Å². The maximum atomic E-state index is 6.11. The largest absolute Gasteiger partial charge is 0.438 e. The average Bonchev–Trinajstić information content (AvgIpc) is 3.48. The van der Waals surface area contributed by atoms with Crippen LogP contribution < -0.4 is 4.90 Å². The van der Waals surface area contributed by atoms with Crippen LogP contribution in [0, 0.1) is 0 Å². The van der Waals surface area contributed by atoms with E-state index in [2.05, 4.69) is 157 Å². The molecule has 0 amide bonds. The highest BCUT2D eigenvalue weighted by Crippen LogP contribution is 2.43. The fraction of sp³-hybridized carbons (Fsp3) is 0. The quantitative estimate of drug-likeness (QED) is 0.200. The molecule has 0 aliphatic heterocycles. The minimum atomic E-state index is 0.663. The summed E-state index contributed by atoms with van der Waals surface area (Å²) in [4.78, 5) is 7.29. The summed E-state index contributed by atoms with van der Waals surface area (Å²) in [6, 6.07) is 60.1. The zero-order chi connectivity index (χ0) is 30.5. The number of fused-ring (bicyclic) bond motifs is 5. The molecule has 0 fully saturated rings. The standard InChI is InChI=1S/C43H28N2O/c1-2-12-30(13-3-1)37-19-6-8-22-41(37)45(33-17-10-16-31(26-33)36-21-11-15-29-14-4-5-18-35(29)36)34-24-25-40-32(27-34)28-39-38-20-7-9-23-42(38)46-43(39)44-40/h1-28H. The fourth-order valence-corrected chi connectivity index (χ4v) is 6.69. The first-order valence-corrected chi connectivity index (χ1v) is 15.5. The highest BCUT2D eigenvalue weighted by Gasteiger charge is 2.19. The number of para-hydroxylation sites is 2. The molecule has 2 aromatic heterocycles. The Morgan fingerprint density at radius 3 is 2.07 bits per heavy atom. The van der Waals surface area contributed by atoms with Gasteiger partial charge in [0.15, 0.2) is 0 Å². The van der Waals surface area contributed by atoms with Gasteiger partial charge in [0.25, 0.3) is 0 Å². The summed E-state index contributed by atoms with van der Waals surface area (Å²) in [5.74, 6) is 0. The van der Waals surface area contributed by atoms with E-state index in [1.165, 1.54) is 27.5 Å². The van der Waals surface area contributed by atoms with Crippen LogP contribution in [0.25, 0.3) is 66.0 Å². The summed E-state index contributed by atoms with van der Waals surface area (Å²) in [5.41, 5.74) is 10.4. The Bertz CT molecular complexity index is 2540. The lowest BCUT2D eigenvalue weighted by Gasteiger charge is -2.28. The van der Waals surface area contributed by atoms with Gasteiger partial charge in [-0.1, -0.05) is 121 Å². The van der Waals surface area contributed by atoms with Gasteiger partial charge in [-0.25, -0.2) is 4.98 Å². The van der Waals surface area contributed by atoms with E-state index >= 15 is 0 Å². The number of benzene rings is 7. The van der Waals surface area contributed by atoms with Gasteiger partial charge in [0.05, 0.1) is 11.2 Å². The molecule has 0 saturated carbocycles. The van der Waals surface area contributed by atoms with Gasteiger partial charge >= 0.3 is 0 Å². The second-order valence-corrected chi connectivity index (χ2v) is 11.6. The van der Waals surface area contributed by atoms with E-state index in [0.29, 0.717) is 5.71 Å². The fourth-order valence-electron chi connectivity index (χ4n) is 6.69. The molecule has 9 aromatic rings. The molecular formula is C43H28N2O. The van der Waals surface area contributed by atoms with Gasteiger partial charge in [0.2, 0.25) is 5.71 Å². The second-order valence-electron chi connectivity index (χ2n) is 11.6. The van der Waals surface area contributed by atoms with Crippen LogP contribution in [0.2, 0.25) is 0 Å². The van der Waals surface area contributed by atoms with Gasteiger partial charge in [-0.2, -0.15) is 0 Å². The van der Waals surface area contributed by atoms with Crippen molar-refractivity contribution < 1.29 is 4.42 Å². The van der Waals surface area contributed by atoms with E-state index in [1.807, 2.05) is 18.2 Å². The molecule has 0 bridgehead atoms. The third kappa shape index (κ3) is 4.41. The Hall–Kier alpha value is -6.19. The van der Waals surface area contributed by atoms with Crippen LogP contribution in [0.3, 0.4) is 0 Å². The van der Waals surface area contributed by atoms with Crippen molar-refractivity contribution in [2.45, 2.75) is 0 Å². The summed E-state index contributed by atoms with van der Waals surface area (Å²) in [7, 11) is 0. The first-order chi connectivity index (χ1) is 22.8. The predicted molar refractivity (Wildman–Crippen MR) is 192 cm³/mol. The van der Waals surface area contributed by atoms with Crippen LogP contribution in [0.5, 0.6) is 0 Å². The maximum Gasteiger partial charge on any atom is 0.227 e. The summed E-state index contributed by atoms with van der Waals surface area (Å²) >= 11 is 0. The molecule has 2 heterocycles. The Kier molecular flexibility index (Phi) is 6.14. The zero-order valence-corrected chi connectivity index (χ0v) is 25.0. The van der Waals surface area contributed by atoms with E-state index in [9.17, 15) is 0 Å². The average molecular weight is 589 g/mol. The number of furan rings is 1. The monoisotopic (exact) mass is 588 g/mol. The molecule has 0 N–H and O–H groups in total. The number of hydrogen-bond donors (Lipinski definition) is 0. The Morgan fingerprint density at radius 1 is 0.435 bits per heavy atom. The third-order valence-electron chi connectivity index (χ3n) is 8.84. The van der Waals surface area contributed by atoms with Crippen LogP contribution in [0.4, 0.5) is 17.1 Å². The molecule has 0 spiro atoms. The molecule has 3 nitrogen and oxygen atoms in total. The van der Waals surface area contributed by atoms with Crippen molar-refractivity contribution in [3.05, 3.63) is 170 Å². The second kappa shape index (κ2) is 10.8. The van der Waals surface area contributed by atoms with Gasteiger partial charge in [0.1, 0.15) is 5.58 Å². The van der Waals surface area contributed by atoms with E-state index in [4.69, 9.17) is 9.40 Å². The summed E-state index contributed by atoms with van der Waals surface area (Å²) < 4.78 is 6.11. The molecule has 7 aromatic carbocycles. The van der Waals surface area contributed by atoms with E-state index < -0.39 is 0 Å². The number of aromatic nitrogens is 1. The van der Waals surface area contributed by atoms with Crippen molar-refractivity contribution in [3.63, 3.8) is 0 Å². The number of nitrogens with zero attached hydrogens (tertiary/aromatic N) is 2. The summed E-state index contributed by atoms with van der Waals surface area (Å²) in [5, 5.41) is 5.63. The maximum absolute atomic E-state index is 6.11. The van der Waals surface area contributed by atoms with E-state index in [1.54, 1.807) is 0 Å². The summed E-state index contributed by atoms with van der Waals surface area (Å²) in [6.07, 6.45) is 0. The molecule has 3 heteroatoms. The van der Waals surface area contributed by atoms with Crippen molar-refractivity contribution in [2.75, 3.05) is 4.90 Å². The van der Waals surface area contributed by atoms with Crippen LogP contribution >= 0.6 is 0 Å². The predicted octanol–water partition coefficient (Wildman–Crippen LogP) is 12.1. The van der Waals surface area contributed by atoms with Gasteiger partial charge < -0.3 is 9.32 Å². The Balaban J connectivity index is 1.27. The Morgan fingerprint density at radius 2 is 1.13 bits per heavy atom. The van der Waals surface area contributed by atoms with Crippen molar-refractivity contribution in [3.8, 4) is 22.3 Å². The number of anilines is 3. The van der Waals surface area contributed by atoms with Crippen molar-refractivity contribution in [1.82, 2.24) is 4.98 Å². The Labute approximate surface area is 266 Å². The minimum absolute atomic E-state index is 0.663. The smallest absolute Gasteiger partial charge is 0.227 e. The molecular weight excluding hydrogens is 560 g/mol. The number of pyridine rings is 1. The SMILES string of the molecule is c1ccc(-c2ccccc2N(c2cccc(-c3cccc4ccccc34)c2)c2ccc3nc4oc5ccccc5c4cc3c2)cc1. The number of rotatable bonds is 5. The molecule has 0 saturated heterocycles. The zero-order valence-electron chi connectivity index (χ0n) is 25.0. The van der Waals surface area contributed by atoms with Crippen LogP contribution in [0.1, 0.15) is 0 Å². The van der Waals surface area contributed by atoms with Crippen LogP contribution in [0.15, 0.2) is 174 Å². The van der Waals surface area contributed by atoms with E-state index in [-0.39, 0.29) is 0 Å². The van der Waals surface area contributed by atoms with Crippen LogP contribution in [-0.4, -0.2) is 4.98 Å². The van der Waals surface area contributed by atoms with E-state index in [0.717, 1.165) is 49.9 Å². The minimum Gasteiger partial charge on any atom is -0.438 e. The first kappa shape index (κ1) is 26.2. The highest BCUT2D eigenvalue weighted by atomic mass is 16.3. The molecule has 0 radical (unpaired) electrons. The van der Waals surface area contributed by atoms with Crippen LogP contribution in [-0.2, 0) is 0 Å². The lowest BCUT2D eigenvalue weighted by Crippen LogP contribution is -2.11. The molecule has 0 unspecified atom stereocenters. The lowest BCUT2D eigenvalue weighted by molar-refractivity contribution is 0.656. The molecule has 0 aliphatic rings. The molecule has 216 valence electrons. The van der Waals surface area contributed by atoms with Crippen molar-refractivity contribution in [2.24, 2.45) is 0 Å². The van der Waals surface area contributed by atoms with Crippen molar-refractivity contribution >= 4 is 60.8 Å². The third-order valence-corrected chi connectivity index (χ3v) is 8.84. The molecule has 0 atom stereocenters. The lowest BCUT2D eigenvalue weighted by atomic mass is 9.97. The topological polar surface area (TPSA) is 29.3 Å². The van der Waals surface area contributed by atoms with Gasteiger partial charge in [0, 0.05) is 33.1 Å². The molecule has 9 rings (SSSR count). The molecule has 0 aliphatic carbocycles. The van der Waals surface area contributed by atoms with Crippen molar-refractivity contribution in [1.29, 1.82) is 0 Å². The van der Waals surface area contributed by atoms with Gasteiger partial charge in [-0.15, -0.1) is 0 Å².